The quantitative estimate of drug-likeness (QED) is 0.862. The van der Waals surface area contributed by atoms with Crippen LogP contribution in [0.15, 0.2) is 0 Å². The van der Waals surface area contributed by atoms with Crippen LogP contribution in [-0.4, -0.2) is 40.8 Å². The molecule has 0 bridgehead atoms. The topological polar surface area (TPSA) is 66.8 Å². The Balaban J connectivity index is 2.84. The number of carboxylic acids is 1. The Morgan fingerprint density at radius 2 is 2.00 bits per heavy atom. The molecular formula is C16H29NO4. The number of carbonyl (C=O) groups is 2. The molecule has 0 aromatic rings. The highest BCUT2D eigenvalue weighted by atomic mass is 16.6. The molecule has 1 fully saturated rings. The van der Waals surface area contributed by atoms with Crippen molar-refractivity contribution in [3.63, 3.8) is 0 Å². The van der Waals surface area contributed by atoms with E-state index in [-0.39, 0.29) is 6.54 Å². The van der Waals surface area contributed by atoms with E-state index in [0.717, 1.165) is 6.42 Å². The second-order valence-corrected chi connectivity index (χ2v) is 7.31. The highest BCUT2D eigenvalue weighted by molar-refractivity contribution is 5.77. The number of hydrogen-bond acceptors (Lipinski definition) is 3. The third-order valence-corrected chi connectivity index (χ3v) is 4.12. The molecule has 0 aliphatic carbocycles. The number of carbonyl (C=O) groups excluding carboxylic acids is 1. The average Bonchev–Trinajstić information content (AvgIpc) is 2.36. The summed E-state index contributed by atoms with van der Waals surface area (Å²) in [5.74, 6) is -0.462. The lowest BCUT2D eigenvalue weighted by Gasteiger charge is -2.41. The summed E-state index contributed by atoms with van der Waals surface area (Å²) in [6, 6.07) is 0. The van der Waals surface area contributed by atoms with Crippen LogP contribution in [0.3, 0.4) is 0 Å². The molecular weight excluding hydrogens is 270 g/mol. The minimum Gasteiger partial charge on any atom is -0.481 e. The van der Waals surface area contributed by atoms with Gasteiger partial charge in [-0.1, -0.05) is 20.3 Å². The maximum Gasteiger partial charge on any atom is 0.410 e. The third kappa shape index (κ3) is 4.90. The van der Waals surface area contributed by atoms with Gasteiger partial charge in [-0.25, -0.2) is 4.79 Å². The Kier molecular flexibility index (Phi) is 5.65. The van der Waals surface area contributed by atoms with E-state index in [1.165, 1.54) is 0 Å². The van der Waals surface area contributed by atoms with Crippen LogP contribution in [0.1, 0.15) is 60.3 Å². The zero-order chi connectivity index (χ0) is 16.3. The number of hydrogen-bond donors (Lipinski definition) is 1. The fourth-order valence-electron chi connectivity index (χ4n) is 2.85. The summed E-state index contributed by atoms with van der Waals surface area (Å²) < 4.78 is 5.38. The van der Waals surface area contributed by atoms with Crippen molar-refractivity contribution in [3.05, 3.63) is 0 Å². The van der Waals surface area contributed by atoms with Crippen LogP contribution >= 0.6 is 0 Å². The van der Waals surface area contributed by atoms with Crippen LogP contribution in [0.5, 0.6) is 0 Å². The van der Waals surface area contributed by atoms with Crippen LogP contribution < -0.4 is 0 Å². The van der Waals surface area contributed by atoms with Crippen molar-refractivity contribution in [2.45, 2.75) is 65.9 Å². The highest BCUT2D eigenvalue weighted by Crippen LogP contribution is 2.37. The maximum absolute atomic E-state index is 12.2. The number of piperidine rings is 1. The van der Waals surface area contributed by atoms with E-state index in [4.69, 9.17) is 4.74 Å². The summed E-state index contributed by atoms with van der Waals surface area (Å²) in [5.41, 5.74) is -1.39. The molecule has 0 radical (unpaired) electrons. The second kappa shape index (κ2) is 6.67. The molecule has 122 valence electrons. The first kappa shape index (κ1) is 17.8. The molecule has 2 unspecified atom stereocenters. The normalized spacial score (nSPS) is 24.5. The van der Waals surface area contributed by atoms with Gasteiger partial charge in [-0.05, 0) is 46.0 Å². The molecule has 1 N–H and O–H groups in total. The molecule has 0 aromatic carbocycles. The molecule has 0 aromatic heterocycles. The average molecular weight is 299 g/mol. The first-order valence-electron chi connectivity index (χ1n) is 7.81. The van der Waals surface area contributed by atoms with E-state index >= 15 is 0 Å². The van der Waals surface area contributed by atoms with E-state index < -0.39 is 23.1 Å². The molecule has 0 spiro atoms. The van der Waals surface area contributed by atoms with Crippen molar-refractivity contribution in [1.29, 1.82) is 0 Å². The van der Waals surface area contributed by atoms with Crippen molar-refractivity contribution >= 4 is 12.1 Å². The Hall–Kier alpha value is -1.26. The summed E-state index contributed by atoms with van der Waals surface area (Å²) >= 11 is 0. The lowest BCUT2D eigenvalue weighted by molar-refractivity contribution is -0.153. The zero-order valence-electron chi connectivity index (χ0n) is 13.9. The number of amides is 1. The third-order valence-electron chi connectivity index (χ3n) is 4.12. The summed E-state index contributed by atoms with van der Waals surface area (Å²) in [6.45, 7) is 10.4. The predicted octanol–water partition coefficient (Wildman–Crippen LogP) is 3.52. The molecule has 1 amide bonds. The van der Waals surface area contributed by atoms with Gasteiger partial charge in [0, 0.05) is 13.1 Å². The van der Waals surface area contributed by atoms with Crippen LogP contribution in [0.2, 0.25) is 0 Å². The number of carboxylic acid groups (broad SMARTS) is 1. The van der Waals surface area contributed by atoms with Crippen molar-refractivity contribution in [2.24, 2.45) is 11.3 Å². The Bertz CT molecular complexity index is 388. The summed E-state index contributed by atoms with van der Waals surface area (Å²) in [5, 5.41) is 9.69. The van der Waals surface area contributed by atoms with Crippen LogP contribution in [-0.2, 0) is 9.53 Å². The first-order chi connectivity index (χ1) is 9.59. The summed E-state index contributed by atoms with van der Waals surface area (Å²) in [7, 11) is 0. The van der Waals surface area contributed by atoms with E-state index in [0.29, 0.717) is 31.7 Å². The van der Waals surface area contributed by atoms with Gasteiger partial charge in [0.25, 0.3) is 0 Å². The monoisotopic (exact) mass is 299 g/mol. The minimum atomic E-state index is -0.829. The molecule has 1 aliphatic rings. The van der Waals surface area contributed by atoms with Gasteiger partial charge in [-0.15, -0.1) is 0 Å². The van der Waals surface area contributed by atoms with Gasteiger partial charge < -0.3 is 14.7 Å². The summed E-state index contributed by atoms with van der Waals surface area (Å²) in [4.78, 5) is 25.6. The molecule has 1 aliphatic heterocycles. The molecule has 1 saturated heterocycles. The van der Waals surface area contributed by atoms with Crippen molar-refractivity contribution in [2.75, 3.05) is 13.1 Å². The molecule has 21 heavy (non-hydrogen) atoms. The highest BCUT2D eigenvalue weighted by Gasteiger charge is 2.44. The fraction of sp³-hybridized carbons (Fsp3) is 0.875. The fourth-order valence-corrected chi connectivity index (χ4v) is 2.85. The molecule has 5 nitrogen and oxygen atoms in total. The van der Waals surface area contributed by atoms with E-state index in [2.05, 4.69) is 13.8 Å². The Morgan fingerprint density at radius 1 is 1.38 bits per heavy atom. The van der Waals surface area contributed by atoms with E-state index in [1.54, 1.807) is 4.90 Å². The summed E-state index contributed by atoms with van der Waals surface area (Å²) in [6.07, 6.45) is 2.49. The van der Waals surface area contributed by atoms with Crippen molar-refractivity contribution in [3.8, 4) is 0 Å². The lowest BCUT2D eigenvalue weighted by Crippen LogP contribution is -2.51. The van der Waals surface area contributed by atoms with Gasteiger partial charge in [-0.3, -0.25) is 4.79 Å². The molecule has 1 rings (SSSR count). The van der Waals surface area contributed by atoms with Gasteiger partial charge in [0.2, 0.25) is 0 Å². The Labute approximate surface area is 127 Å². The smallest absolute Gasteiger partial charge is 0.410 e. The number of likely N-dealkylation sites (tertiary alicyclic amines) is 1. The van der Waals surface area contributed by atoms with Gasteiger partial charge >= 0.3 is 12.1 Å². The lowest BCUT2D eigenvalue weighted by atomic mass is 9.73. The van der Waals surface area contributed by atoms with Crippen molar-refractivity contribution in [1.82, 2.24) is 4.90 Å². The maximum atomic E-state index is 12.2. The second-order valence-electron chi connectivity index (χ2n) is 7.31. The van der Waals surface area contributed by atoms with Crippen LogP contribution in [0, 0.1) is 11.3 Å². The molecule has 2 atom stereocenters. The van der Waals surface area contributed by atoms with Crippen LogP contribution in [0.4, 0.5) is 4.79 Å². The SMILES string of the molecule is CCC(C)CC1(C(=O)O)CCCN(C(=O)OC(C)(C)C)C1. The van der Waals surface area contributed by atoms with E-state index in [9.17, 15) is 14.7 Å². The number of rotatable bonds is 4. The Morgan fingerprint density at radius 3 is 2.48 bits per heavy atom. The number of ether oxygens (including phenoxy) is 1. The van der Waals surface area contributed by atoms with E-state index in [1.807, 2.05) is 20.8 Å². The zero-order valence-corrected chi connectivity index (χ0v) is 13.9. The predicted molar refractivity (Wildman–Crippen MR) is 81.2 cm³/mol. The minimum absolute atomic E-state index is 0.252. The van der Waals surface area contributed by atoms with Gasteiger partial charge in [-0.2, -0.15) is 0 Å². The number of aliphatic carboxylic acids is 1. The van der Waals surface area contributed by atoms with Gasteiger partial charge in [0.15, 0.2) is 0 Å². The molecule has 1 heterocycles. The van der Waals surface area contributed by atoms with Crippen molar-refractivity contribution < 1.29 is 19.4 Å². The number of nitrogens with zero attached hydrogens (tertiary/aromatic N) is 1. The standard InChI is InChI=1S/C16H29NO4/c1-6-12(2)10-16(13(18)19)8-7-9-17(11-16)14(20)21-15(3,4)5/h12H,6-11H2,1-5H3,(H,18,19). The largest absolute Gasteiger partial charge is 0.481 e. The first-order valence-corrected chi connectivity index (χ1v) is 7.81. The molecule has 5 heteroatoms. The van der Waals surface area contributed by atoms with Gasteiger partial charge in [0.05, 0.1) is 5.41 Å². The van der Waals surface area contributed by atoms with Gasteiger partial charge in [0.1, 0.15) is 5.60 Å². The molecule has 0 saturated carbocycles. The van der Waals surface area contributed by atoms with Crippen LogP contribution in [0.25, 0.3) is 0 Å².